The largest absolute Gasteiger partial charge is 0.490 e. The van der Waals surface area contributed by atoms with Gasteiger partial charge in [0.1, 0.15) is 12.6 Å². The summed E-state index contributed by atoms with van der Waals surface area (Å²) in [5.74, 6) is 1.38. The Hall–Kier alpha value is -1.73. The molecule has 0 aliphatic carbocycles. The van der Waals surface area contributed by atoms with Crippen molar-refractivity contribution in [1.29, 1.82) is 5.26 Å². The van der Waals surface area contributed by atoms with Gasteiger partial charge in [0.15, 0.2) is 11.5 Å². The molecule has 0 heterocycles. The lowest BCUT2D eigenvalue weighted by Gasteiger charge is -2.16. The molecule has 0 fully saturated rings. The van der Waals surface area contributed by atoms with E-state index in [2.05, 4.69) is 11.4 Å². The van der Waals surface area contributed by atoms with E-state index in [9.17, 15) is 0 Å². The first-order valence-corrected chi connectivity index (χ1v) is 6.17. The summed E-state index contributed by atoms with van der Waals surface area (Å²) in [7, 11) is 0. The Labute approximate surface area is 109 Å². The Kier molecular flexibility index (Phi) is 6.03. The molecule has 1 aromatic rings. The van der Waals surface area contributed by atoms with Crippen LogP contribution in [0.15, 0.2) is 24.3 Å². The summed E-state index contributed by atoms with van der Waals surface area (Å²) in [5, 5.41) is 12.1. The number of nitrogens with one attached hydrogen (secondary N) is 1. The van der Waals surface area contributed by atoms with Gasteiger partial charge in [-0.25, -0.2) is 0 Å². The maximum absolute atomic E-state index is 9.00. The lowest BCUT2D eigenvalue weighted by atomic mass is 10.3. The van der Waals surface area contributed by atoms with Gasteiger partial charge in [-0.2, -0.15) is 5.26 Å². The van der Waals surface area contributed by atoms with Crippen molar-refractivity contribution < 1.29 is 9.47 Å². The highest BCUT2D eigenvalue weighted by Crippen LogP contribution is 2.26. The van der Waals surface area contributed by atoms with Gasteiger partial charge in [-0.1, -0.05) is 12.1 Å². The van der Waals surface area contributed by atoms with Crippen LogP contribution in [-0.4, -0.2) is 25.3 Å². The van der Waals surface area contributed by atoms with E-state index in [1.807, 2.05) is 45.0 Å². The third-order valence-electron chi connectivity index (χ3n) is 2.24. The van der Waals surface area contributed by atoms with Crippen LogP contribution in [0.3, 0.4) is 0 Å². The number of nitrogens with zero attached hydrogens (tertiary/aromatic N) is 1. The van der Waals surface area contributed by atoms with Gasteiger partial charge in [-0.05, 0) is 32.9 Å². The van der Waals surface area contributed by atoms with Crippen molar-refractivity contribution in [3.63, 3.8) is 0 Å². The van der Waals surface area contributed by atoms with Gasteiger partial charge in [0.2, 0.25) is 0 Å². The van der Waals surface area contributed by atoms with Gasteiger partial charge >= 0.3 is 0 Å². The fraction of sp³-hybridized carbons (Fsp3) is 0.500. The number of rotatable bonds is 7. The van der Waals surface area contributed by atoms with Crippen LogP contribution < -0.4 is 14.8 Å². The zero-order chi connectivity index (χ0) is 13.4. The van der Waals surface area contributed by atoms with Crippen LogP contribution in [0.2, 0.25) is 0 Å². The molecule has 1 rings (SSSR count). The van der Waals surface area contributed by atoms with E-state index in [-0.39, 0.29) is 12.1 Å². The van der Waals surface area contributed by atoms with Gasteiger partial charge in [0, 0.05) is 6.04 Å². The van der Waals surface area contributed by atoms with Gasteiger partial charge in [0.25, 0.3) is 0 Å². The van der Waals surface area contributed by atoms with Gasteiger partial charge < -0.3 is 9.47 Å². The van der Waals surface area contributed by atoms with Crippen LogP contribution in [-0.2, 0) is 0 Å². The molecule has 1 N–H and O–H groups in total. The molecule has 0 saturated heterocycles. The highest BCUT2D eigenvalue weighted by Gasteiger charge is 2.11. The van der Waals surface area contributed by atoms with E-state index in [0.29, 0.717) is 24.7 Å². The average Bonchev–Trinajstić information content (AvgIpc) is 2.36. The lowest BCUT2D eigenvalue weighted by Crippen LogP contribution is -2.38. The molecule has 0 bridgehead atoms. The molecule has 0 spiro atoms. The molecule has 0 aliphatic heterocycles. The van der Waals surface area contributed by atoms with Gasteiger partial charge in [-0.15, -0.1) is 0 Å². The predicted molar refractivity (Wildman–Crippen MR) is 70.8 cm³/mol. The molecule has 1 aromatic carbocycles. The smallest absolute Gasteiger partial charge is 0.161 e. The first-order chi connectivity index (χ1) is 8.67. The number of hydrogen-bond donors (Lipinski definition) is 1. The van der Waals surface area contributed by atoms with Crippen LogP contribution in [0, 0.1) is 11.3 Å². The Morgan fingerprint density at radius 1 is 1.22 bits per heavy atom. The normalized spacial score (nSPS) is 11.9. The Morgan fingerprint density at radius 3 is 2.33 bits per heavy atom. The summed E-state index contributed by atoms with van der Waals surface area (Å²) in [5.41, 5.74) is 0. The minimum absolute atomic E-state index is 0.250. The summed E-state index contributed by atoms with van der Waals surface area (Å²) >= 11 is 0. The number of hydrogen-bond acceptors (Lipinski definition) is 4. The fourth-order valence-electron chi connectivity index (χ4n) is 1.54. The molecular weight excluding hydrogens is 228 g/mol. The molecule has 0 radical (unpaired) electrons. The highest BCUT2D eigenvalue weighted by atomic mass is 16.5. The highest BCUT2D eigenvalue weighted by molar-refractivity contribution is 5.39. The van der Waals surface area contributed by atoms with Crippen LogP contribution in [0.5, 0.6) is 11.5 Å². The van der Waals surface area contributed by atoms with Crippen molar-refractivity contribution >= 4 is 0 Å². The van der Waals surface area contributed by atoms with Crippen LogP contribution in [0.25, 0.3) is 0 Å². The summed E-state index contributed by atoms with van der Waals surface area (Å²) < 4.78 is 11.1. The SMILES string of the molecule is CCOc1ccccc1OCC(C#N)NC(C)C. The third kappa shape index (κ3) is 4.64. The predicted octanol–water partition coefficient (Wildman–Crippen LogP) is 2.35. The molecule has 0 aliphatic rings. The summed E-state index contributed by atoms with van der Waals surface area (Å²) in [6.07, 6.45) is 0. The lowest BCUT2D eigenvalue weighted by molar-refractivity contribution is 0.257. The average molecular weight is 248 g/mol. The third-order valence-corrected chi connectivity index (χ3v) is 2.24. The van der Waals surface area contributed by atoms with Gasteiger partial charge in [-0.3, -0.25) is 5.32 Å². The van der Waals surface area contributed by atoms with Crippen molar-refractivity contribution in [2.24, 2.45) is 0 Å². The van der Waals surface area contributed by atoms with Crippen LogP contribution >= 0.6 is 0 Å². The molecule has 4 heteroatoms. The quantitative estimate of drug-likeness (QED) is 0.804. The van der Waals surface area contributed by atoms with Crippen LogP contribution in [0.1, 0.15) is 20.8 Å². The molecule has 0 aromatic heterocycles. The van der Waals surface area contributed by atoms with Crippen molar-refractivity contribution in [3.05, 3.63) is 24.3 Å². The standard InChI is InChI=1S/C14H20N2O2/c1-4-17-13-7-5-6-8-14(13)18-10-12(9-15)16-11(2)3/h5-8,11-12,16H,4,10H2,1-3H3. The van der Waals surface area contributed by atoms with Crippen molar-refractivity contribution in [2.75, 3.05) is 13.2 Å². The molecule has 18 heavy (non-hydrogen) atoms. The number of para-hydroxylation sites is 2. The minimum Gasteiger partial charge on any atom is -0.490 e. The number of benzene rings is 1. The molecule has 98 valence electrons. The number of nitriles is 1. The molecule has 0 saturated carbocycles. The Morgan fingerprint density at radius 2 is 1.83 bits per heavy atom. The zero-order valence-electron chi connectivity index (χ0n) is 11.1. The van der Waals surface area contributed by atoms with E-state index < -0.39 is 0 Å². The van der Waals surface area contributed by atoms with E-state index in [1.165, 1.54) is 0 Å². The Balaban J connectivity index is 2.59. The second-order valence-electron chi connectivity index (χ2n) is 4.19. The molecule has 1 atom stereocenters. The summed E-state index contributed by atoms with van der Waals surface area (Å²) in [6, 6.07) is 9.59. The van der Waals surface area contributed by atoms with Crippen molar-refractivity contribution in [3.8, 4) is 17.6 Å². The molecular formula is C14H20N2O2. The summed E-state index contributed by atoms with van der Waals surface area (Å²) in [6.45, 7) is 6.82. The van der Waals surface area contributed by atoms with E-state index in [1.54, 1.807) is 0 Å². The maximum Gasteiger partial charge on any atom is 0.161 e. The fourth-order valence-corrected chi connectivity index (χ4v) is 1.54. The zero-order valence-corrected chi connectivity index (χ0v) is 11.1. The van der Waals surface area contributed by atoms with Gasteiger partial charge in [0.05, 0.1) is 12.7 Å². The Bertz CT molecular complexity index is 399. The molecule has 0 amide bonds. The monoisotopic (exact) mass is 248 g/mol. The van der Waals surface area contributed by atoms with Crippen LogP contribution in [0.4, 0.5) is 0 Å². The topological polar surface area (TPSA) is 54.3 Å². The first-order valence-electron chi connectivity index (χ1n) is 6.17. The van der Waals surface area contributed by atoms with Crippen molar-refractivity contribution in [2.45, 2.75) is 32.9 Å². The van der Waals surface area contributed by atoms with E-state index in [0.717, 1.165) is 0 Å². The first kappa shape index (κ1) is 14.3. The minimum atomic E-state index is -0.320. The van der Waals surface area contributed by atoms with Crippen molar-refractivity contribution in [1.82, 2.24) is 5.32 Å². The number of ether oxygens (including phenoxy) is 2. The molecule has 4 nitrogen and oxygen atoms in total. The second-order valence-corrected chi connectivity index (χ2v) is 4.19. The maximum atomic E-state index is 9.00. The molecule has 1 unspecified atom stereocenters. The van der Waals surface area contributed by atoms with E-state index in [4.69, 9.17) is 14.7 Å². The van der Waals surface area contributed by atoms with E-state index >= 15 is 0 Å². The summed E-state index contributed by atoms with van der Waals surface area (Å²) in [4.78, 5) is 0. The second kappa shape index (κ2) is 7.57.